The highest BCUT2D eigenvalue weighted by molar-refractivity contribution is 5.94. The lowest BCUT2D eigenvalue weighted by Gasteiger charge is -2.34. The van der Waals surface area contributed by atoms with Crippen molar-refractivity contribution in [3.63, 3.8) is 0 Å². The zero-order valence-corrected chi connectivity index (χ0v) is 13.5. The van der Waals surface area contributed by atoms with Gasteiger partial charge in [-0.25, -0.2) is 0 Å². The van der Waals surface area contributed by atoms with E-state index in [-0.39, 0.29) is 18.9 Å². The van der Waals surface area contributed by atoms with Gasteiger partial charge >= 0.3 is 5.97 Å². The van der Waals surface area contributed by atoms with Crippen molar-refractivity contribution in [2.75, 3.05) is 26.4 Å². The number of hydrogen-bond donors (Lipinski definition) is 1. The molecule has 1 atom stereocenters. The number of hydrogen-bond acceptors (Lipinski definition) is 4. The van der Waals surface area contributed by atoms with Crippen LogP contribution in [0.5, 0.6) is 5.75 Å². The molecule has 1 aromatic rings. The van der Waals surface area contributed by atoms with Gasteiger partial charge in [0.25, 0.3) is 5.91 Å². The molecule has 126 valence electrons. The van der Waals surface area contributed by atoms with Crippen LogP contribution in [0.25, 0.3) is 0 Å². The molecule has 0 bridgehead atoms. The molecule has 6 nitrogen and oxygen atoms in total. The molecule has 1 amide bonds. The fourth-order valence-corrected chi connectivity index (χ4v) is 2.42. The van der Waals surface area contributed by atoms with Crippen LogP contribution in [-0.2, 0) is 9.53 Å². The van der Waals surface area contributed by atoms with E-state index in [4.69, 9.17) is 14.6 Å². The summed E-state index contributed by atoms with van der Waals surface area (Å²) < 4.78 is 10.9. The van der Waals surface area contributed by atoms with Crippen molar-refractivity contribution in [3.05, 3.63) is 29.8 Å². The zero-order valence-electron chi connectivity index (χ0n) is 13.5. The smallest absolute Gasteiger partial charge is 0.305 e. The normalized spacial score (nSPS) is 18.0. The zero-order chi connectivity index (χ0) is 16.8. The van der Waals surface area contributed by atoms with Crippen molar-refractivity contribution in [1.82, 2.24) is 4.90 Å². The monoisotopic (exact) mass is 321 g/mol. The van der Waals surface area contributed by atoms with Crippen molar-refractivity contribution in [2.45, 2.75) is 26.3 Å². The minimum absolute atomic E-state index is 0.110. The first-order valence-corrected chi connectivity index (χ1v) is 7.80. The van der Waals surface area contributed by atoms with Gasteiger partial charge in [0, 0.05) is 12.1 Å². The van der Waals surface area contributed by atoms with Gasteiger partial charge in [0.15, 0.2) is 0 Å². The van der Waals surface area contributed by atoms with Crippen LogP contribution in [-0.4, -0.2) is 54.3 Å². The van der Waals surface area contributed by atoms with E-state index in [1.165, 1.54) is 0 Å². The molecule has 6 heteroatoms. The molecule has 1 aliphatic heterocycles. The highest BCUT2D eigenvalue weighted by Crippen LogP contribution is 2.18. The van der Waals surface area contributed by atoms with Crippen LogP contribution < -0.4 is 4.74 Å². The van der Waals surface area contributed by atoms with Gasteiger partial charge in [-0.2, -0.15) is 0 Å². The van der Waals surface area contributed by atoms with Gasteiger partial charge < -0.3 is 19.5 Å². The number of rotatable bonds is 6. The van der Waals surface area contributed by atoms with Gasteiger partial charge in [-0.15, -0.1) is 0 Å². The van der Waals surface area contributed by atoms with Gasteiger partial charge in [-0.3, -0.25) is 9.59 Å². The summed E-state index contributed by atoms with van der Waals surface area (Å²) in [5.41, 5.74) is 0.527. The Morgan fingerprint density at radius 3 is 2.65 bits per heavy atom. The average Bonchev–Trinajstić information content (AvgIpc) is 2.53. The summed E-state index contributed by atoms with van der Waals surface area (Å²) in [6.07, 6.45) is -0.110. The van der Waals surface area contributed by atoms with Gasteiger partial charge in [-0.1, -0.05) is 13.8 Å². The molecule has 1 fully saturated rings. The molecule has 0 radical (unpaired) electrons. The molecular weight excluding hydrogens is 298 g/mol. The molecule has 1 heterocycles. The molecule has 2 rings (SSSR count). The van der Waals surface area contributed by atoms with E-state index in [2.05, 4.69) is 13.8 Å². The molecule has 1 N–H and O–H groups in total. The fraction of sp³-hybridized carbons (Fsp3) is 0.529. The Balaban J connectivity index is 2.04. The number of carboxylic acids is 1. The van der Waals surface area contributed by atoms with Gasteiger partial charge in [0.2, 0.25) is 0 Å². The first-order valence-electron chi connectivity index (χ1n) is 7.80. The lowest BCUT2D eigenvalue weighted by Crippen LogP contribution is -2.49. The number of benzene rings is 1. The molecule has 1 aliphatic rings. The molecule has 1 saturated heterocycles. The van der Waals surface area contributed by atoms with E-state index in [1.54, 1.807) is 29.2 Å². The maximum atomic E-state index is 12.6. The number of carbonyl (C=O) groups excluding carboxylic acids is 1. The number of carboxylic acid groups (broad SMARTS) is 1. The quantitative estimate of drug-likeness (QED) is 0.867. The van der Waals surface area contributed by atoms with E-state index in [0.717, 1.165) is 5.75 Å². The predicted octanol–water partition coefficient (Wildman–Crippen LogP) is 2.04. The second-order valence-corrected chi connectivity index (χ2v) is 6.05. The van der Waals surface area contributed by atoms with E-state index in [0.29, 0.717) is 31.2 Å². The lowest BCUT2D eigenvalue weighted by atomic mass is 10.1. The Morgan fingerprint density at radius 1 is 1.35 bits per heavy atom. The Bertz CT molecular complexity index is 540. The third kappa shape index (κ3) is 4.96. The molecule has 1 unspecified atom stereocenters. The van der Waals surface area contributed by atoms with Crippen LogP contribution in [0, 0.1) is 5.92 Å². The van der Waals surface area contributed by atoms with Crippen molar-refractivity contribution < 1.29 is 24.2 Å². The van der Waals surface area contributed by atoms with Crippen molar-refractivity contribution >= 4 is 11.9 Å². The molecule has 0 aromatic heterocycles. The standard InChI is InChI=1S/C17H23NO5/c1-12(2)10-23-15-5-3-13(4-6-15)17(21)18-7-8-22-11-14(18)9-16(19)20/h3-6,12,14H,7-11H2,1-2H3,(H,19,20). The van der Waals surface area contributed by atoms with E-state index < -0.39 is 12.0 Å². The fourth-order valence-electron chi connectivity index (χ4n) is 2.42. The first-order chi connectivity index (χ1) is 11.0. The maximum Gasteiger partial charge on any atom is 0.305 e. The SMILES string of the molecule is CC(C)COc1ccc(C(=O)N2CCOCC2CC(=O)O)cc1. The summed E-state index contributed by atoms with van der Waals surface area (Å²) in [7, 11) is 0. The van der Waals surface area contributed by atoms with Crippen LogP contribution >= 0.6 is 0 Å². The molecule has 0 aliphatic carbocycles. The first kappa shape index (κ1) is 17.3. The minimum atomic E-state index is -0.935. The van der Waals surface area contributed by atoms with Crippen LogP contribution in [0.4, 0.5) is 0 Å². The Morgan fingerprint density at radius 2 is 2.04 bits per heavy atom. The van der Waals surface area contributed by atoms with Crippen molar-refractivity contribution in [3.8, 4) is 5.75 Å². The topological polar surface area (TPSA) is 76.1 Å². The number of morpholine rings is 1. The highest BCUT2D eigenvalue weighted by Gasteiger charge is 2.29. The summed E-state index contributed by atoms with van der Waals surface area (Å²) in [5.74, 6) is 0.0476. The molecule has 1 aromatic carbocycles. The Labute approximate surface area is 136 Å². The van der Waals surface area contributed by atoms with E-state index >= 15 is 0 Å². The summed E-state index contributed by atoms with van der Waals surface area (Å²) in [5, 5.41) is 8.97. The number of amides is 1. The van der Waals surface area contributed by atoms with Gasteiger partial charge in [-0.05, 0) is 30.2 Å². The van der Waals surface area contributed by atoms with Gasteiger partial charge in [0.05, 0.1) is 32.3 Å². The number of aliphatic carboxylic acids is 1. The van der Waals surface area contributed by atoms with Crippen LogP contribution in [0.3, 0.4) is 0 Å². The Hall–Kier alpha value is -2.08. The second kappa shape index (κ2) is 7.97. The third-order valence-corrected chi connectivity index (χ3v) is 3.58. The Kier molecular flexibility index (Phi) is 5.98. The minimum Gasteiger partial charge on any atom is -0.493 e. The van der Waals surface area contributed by atoms with Crippen LogP contribution in [0.2, 0.25) is 0 Å². The number of ether oxygens (including phenoxy) is 2. The highest BCUT2D eigenvalue weighted by atomic mass is 16.5. The number of carbonyl (C=O) groups is 2. The molecule has 0 saturated carbocycles. The maximum absolute atomic E-state index is 12.6. The average molecular weight is 321 g/mol. The van der Waals surface area contributed by atoms with Crippen LogP contribution in [0.1, 0.15) is 30.6 Å². The molecule has 23 heavy (non-hydrogen) atoms. The van der Waals surface area contributed by atoms with Crippen LogP contribution in [0.15, 0.2) is 24.3 Å². The summed E-state index contributed by atoms with van der Waals surface area (Å²) in [6, 6.07) is 6.53. The molecular formula is C17H23NO5. The molecule has 0 spiro atoms. The summed E-state index contributed by atoms with van der Waals surface area (Å²) >= 11 is 0. The summed E-state index contributed by atoms with van der Waals surface area (Å²) in [6.45, 7) is 5.85. The van der Waals surface area contributed by atoms with E-state index in [1.807, 2.05) is 0 Å². The van der Waals surface area contributed by atoms with Crippen molar-refractivity contribution in [1.29, 1.82) is 0 Å². The predicted molar refractivity (Wildman–Crippen MR) is 84.7 cm³/mol. The third-order valence-electron chi connectivity index (χ3n) is 3.58. The second-order valence-electron chi connectivity index (χ2n) is 6.05. The number of nitrogens with zero attached hydrogens (tertiary/aromatic N) is 1. The van der Waals surface area contributed by atoms with E-state index in [9.17, 15) is 9.59 Å². The largest absolute Gasteiger partial charge is 0.493 e. The van der Waals surface area contributed by atoms with Gasteiger partial charge in [0.1, 0.15) is 5.75 Å². The van der Waals surface area contributed by atoms with Crippen molar-refractivity contribution in [2.24, 2.45) is 5.92 Å². The lowest BCUT2D eigenvalue weighted by molar-refractivity contribution is -0.139. The summed E-state index contributed by atoms with van der Waals surface area (Å²) in [4.78, 5) is 25.1.